The van der Waals surface area contributed by atoms with E-state index in [2.05, 4.69) is 11.2 Å². The molecule has 9 heteroatoms. The molecule has 2 atom stereocenters. The Balaban J connectivity index is 2.53. The predicted octanol–water partition coefficient (Wildman–Crippen LogP) is 2.41. The van der Waals surface area contributed by atoms with E-state index >= 15 is 0 Å². The van der Waals surface area contributed by atoms with Crippen molar-refractivity contribution in [2.45, 2.75) is 51.7 Å². The van der Waals surface area contributed by atoms with Gasteiger partial charge in [0.15, 0.2) is 0 Å². The highest BCUT2D eigenvalue weighted by Gasteiger charge is 2.32. The molecule has 204 valence electrons. The van der Waals surface area contributed by atoms with Crippen LogP contribution >= 0.6 is 0 Å². The number of carbonyl (C=O) groups is 3. The van der Waals surface area contributed by atoms with E-state index in [-0.39, 0.29) is 41.1 Å². The Morgan fingerprint density at radius 3 is 2.29 bits per heavy atom. The van der Waals surface area contributed by atoms with Gasteiger partial charge in [-0.05, 0) is 48.2 Å². The first kappa shape index (κ1) is 30.4. The lowest BCUT2D eigenvalue weighted by atomic mass is 9.82. The summed E-state index contributed by atoms with van der Waals surface area (Å²) >= 11 is 0. The Hall–Kier alpha value is -3.87. The molecule has 0 fully saturated rings. The van der Waals surface area contributed by atoms with E-state index in [0.29, 0.717) is 38.2 Å². The van der Waals surface area contributed by atoms with Crippen LogP contribution in [0.1, 0.15) is 81.2 Å². The molecule has 0 saturated carbocycles. The van der Waals surface area contributed by atoms with Gasteiger partial charge in [0, 0.05) is 55.2 Å². The number of hydrogen-bond acceptors (Lipinski definition) is 6. The lowest BCUT2D eigenvalue weighted by Gasteiger charge is -2.29. The van der Waals surface area contributed by atoms with Crippen LogP contribution in [0.15, 0.2) is 36.4 Å². The molecule has 9 nitrogen and oxygen atoms in total. The Morgan fingerprint density at radius 1 is 1.08 bits per heavy atom. The molecule has 0 radical (unpaired) electrons. The van der Waals surface area contributed by atoms with Gasteiger partial charge < -0.3 is 31.5 Å². The van der Waals surface area contributed by atoms with Gasteiger partial charge in [0.25, 0.3) is 5.91 Å². The van der Waals surface area contributed by atoms with Crippen LogP contribution in [0.4, 0.5) is 0 Å². The maximum atomic E-state index is 13.7. The van der Waals surface area contributed by atoms with Gasteiger partial charge in [-0.1, -0.05) is 26.0 Å². The highest BCUT2D eigenvalue weighted by molar-refractivity contribution is 6.06. The molecule has 38 heavy (non-hydrogen) atoms. The monoisotopic (exact) mass is 522 g/mol. The Morgan fingerprint density at radius 2 is 1.74 bits per heavy atom. The lowest BCUT2D eigenvalue weighted by Crippen LogP contribution is -2.37. The van der Waals surface area contributed by atoms with Gasteiger partial charge in [0.2, 0.25) is 11.8 Å². The maximum absolute atomic E-state index is 13.7. The van der Waals surface area contributed by atoms with E-state index in [1.165, 1.54) is 12.1 Å². The molecule has 0 aromatic heterocycles. The Bertz CT molecular complexity index is 1170. The third-order valence-corrected chi connectivity index (χ3v) is 6.22. The topological polar surface area (TPSA) is 148 Å². The van der Waals surface area contributed by atoms with Crippen molar-refractivity contribution in [3.05, 3.63) is 64.2 Å². The number of carbonyl (C=O) groups excluding carboxylic acids is 3. The maximum Gasteiger partial charge on any atom is 0.254 e. The summed E-state index contributed by atoms with van der Waals surface area (Å²) in [5, 5.41) is 14.4. The average molecular weight is 523 g/mol. The summed E-state index contributed by atoms with van der Waals surface area (Å²) in [5.74, 6) is 0.403. The number of rotatable bonds is 15. The number of terminal acetylenes is 1. The first-order chi connectivity index (χ1) is 18.2. The van der Waals surface area contributed by atoms with Crippen LogP contribution in [-0.4, -0.2) is 60.6 Å². The Kier molecular flexibility index (Phi) is 11.8. The molecule has 3 amide bonds. The quantitative estimate of drug-likeness (QED) is 0.264. The molecule has 0 bridgehead atoms. The molecule has 0 spiro atoms. The van der Waals surface area contributed by atoms with Crippen molar-refractivity contribution in [3.63, 3.8) is 0 Å². The van der Waals surface area contributed by atoms with E-state index < -0.39 is 23.8 Å². The molecule has 2 rings (SSSR count). The number of hydrogen-bond donors (Lipinski definition) is 4. The third-order valence-electron chi connectivity index (χ3n) is 6.22. The summed E-state index contributed by atoms with van der Waals surface area (Å²) in [6.07, 6.45) is 6.04. The molecule has 2 aromatic carbocycles. The van der Waals surface area contributed by atoms with Crippen LogP contribution < -0.4 is 21.5 Å². The molecular weight excluding hydrogens is 484 g/mol. The third kappa shape index (κ3) is 7.81. The average Bonchev–Trinajstić information content (AvgIpc) is 2.90. The van der Waals surface area contributed by atoms with Crippen LogP contribution in [0, 0.1) is 12.3 Å². The second kappa shape index (κ2) is 14.8. The summed E-state index contributed by atoms with van der Waals surface area (Å²) in [4.78, 5) is 40.0. The minimum atomic E-state index is -1.08. The minimum absolute atomic E-state index is 0.0241. The van der Waals surface area contributed by atoms with Crippen molar-refractivity contribution in [1.82, 2.24) is 10.2 Å². The van der Waals surface area contributed by atoms with E-state index in [1.807, 2.05) is 38.1 Å². The van der Waals surface area contributed by atoms with Crippen molar-refractivity contribution in [1.29, 1.82) is 0 Å². The summed E-state index contributed by atoms with van der Waals surface area (Å²) in [6, 6.07) is 10.1. The van der Waals surface area contributed by atoms with Crippen LogP contribution in [0.5, 0.6) is 5.75 Å². The SMILES string of the molecule is C#CC[C@@H](c1c(C(N)=O)cc(C(N)=O)cc1C(=O)N(CCC)CCC)[C@@H](O)CNCc1cccc(OC)c1. The molecule has 0 aliphatic rings. The van der Waals surface area contributed by atoms with Gasteiger partial charge >= 0.3 is 0 Å². The smallest absolute Gasteiger partial charge is 0.254 e. The zero-order chi connectivity index (χ0) is 28.2. The molecule has 6 N–H and O–H groups in total. The van der Waals surface area contributed by atoms with Crippen molar-refractivity contribution in [2.75, 3.05) is 26.7 Å². The highest BCUT2D eigenvalue weighted by Crippen LogP contribution is 2.32. The first-order valence-corrected chi connectivity index (χ1v) is 12.7. The summed E-state index contributed by atoms with van der Waals surface area (Å²) < 4.78 is 5.25. The summed E-state index contributed by atoms with van der Waals surface area (Å²) in [5.41, 5.74) is 12.4. The molecule has 0 aliphatic carbocycles. The number of nitrogens with zero attached hydrogens (tertiary/aromatic N) is 1. The zero-order valence-electron chi connectivity index (χ0n) is 22.3. The number of ether oxygens (including phenoxy) is 1. The van der Waals surface area contributed by atoms with Crippen molar-refractivity contribution in [2.24, 2.45) is 11.5 Å². The number of methoxy groups -OCH3 is 1. The highest BCUT2D eigenvalue weighted by atomic mass is 16.5. The van der Waals surface area contributed by atoms with Gasteiger partial charge in [-0.25, -0.2) is 0 Å². The number of benzene rings is 2. The molecule has 0 saturated heterocycles. The Labute approximate surface area is 224 Å². The van der Waals surface area contributed by atoms with E-state index in [9.17, 15) is 19.5 Å². The normalized spacial score (nSPS) is 12.3. The predicted molar refractivity (Wildman–Crippen MR) is 147 cm³/mol. The molecule has 2 aromatic rings. The number of aliphatic hydroxyl groups excluding tert-OH is 1. The number of aliphatic hydroxyl groups is 1. The summed E-state index contributed by atoms with van der Waals surface area (Å²) in [6.45, 7) is 5.40. The molecule has 0 aliphatic heterocycles. The lowest BCUT2D eigenvalue weighted by molar-refractivity contribution is 0.0751. The van der Waals surface area contributed by atoms with Gasteiger partial charge in [0.05, 0.1) is 13.2 Å². The van der Waals surface area contributed by atoms with Crippen molar-refractivity contribution < 1.29 is 24.2 Å². The van der Waals surface area contributed by atoms with E-state index in [0.717, 1.165) is 5.56 Å². The standard InChI is InChI=1S/C29H38N4O5/c1-5-9-22(25(34)18-32-17-19-10-8-11-21(14-19)38-4)26-23(28(31)36)15-20(27(30)35)16-24(26)29(37)33(12-6-2)13-7-3/h1,8,10-11,14-16,22,25,32,34H,6-7,9,12-13,17-18H2,2-4H3,(H2,30,35)(H2,31,36)/t22-,25+/m1/s1. The number of nitrogens with one attached hydrogen (secondary N) is 1. The van der Waals surface area contributed by atoms with Crippen molar-refractivity contribution >= 4 is 17.7 Å². The van der Waals surface area contributed by atoms with Gasteiger partial charge in [0.1, 0.15) is 5.75 Å². The second-order valence-corrected chi connectivity index (χ2v) is 9.07. The van der Waals surface area contributed by atoms with Gasteiger partial charge in [-0.15, -0.1) is 12.3 Å². The van der Waals surface area contributed by atoms with Crippen LogP contribution in [-0.2, 0) is 6.54 Å². The fourth-order valence-corrected chi connectivity index (χ4v) is 4.45. The molecule has 0 unspecified atom stereocenters. The van der Waals surface area contributed by atoms with Crippen molar-refractivity contribution in [3.8, 4) is 18.1 Å². The van der Waals surface area contributed by atoms with E-state index in [1.54, 1.807) is 12.0 Å². The van der Waals surface area contributed by atoms with E-state index in [4.69, 9.17) is 22.6 Å². The van der Waals surface area contributed by atoms with Crippen LogP contribution in [0.2, 0.25) is 0 Å². The number of amides is 3. The second-order valence-electron chi connectivity index (χ2n) is 9.07. The number of nitrogens with two attached hydrogens (primary N) is 2. The zero-order valence-corrected chi connectivity index (χ0v) is 22.3. The fraction of sp³-hybridized carbons (Fsp3) is 0.414. The first-order valence-electron chi connectivity index (χ1n) is 12.7. The fourth-order valence-electron chi connectivity index (χ4n) is 4.45. The van der Waals surface area contributed by atoms with Gasteiger partial charge in [-0.2, -0.15) is 0 Å². The minimum Gasteiger partial charge on any atom is -0.497 e. The molecular formula is C29H38N4O5. The number of primary amides is 2. The molecule has 0 heterocycles. The van der Waals surface area contributed by atoms with Crippen LogP contribution in [0.3, 0.4) is 0 Å². The largest absolute Gasteiger partial charge is 0.497 e. The summed E-state index contributed by atoms with van der Waals surface area (Å²) in [7, 11) is 1.58. The van der Waals surface area contributed by atoms with Crippen LogP contribution in [0.25, 0.3) is 0 Å². The van der Waals surface area contributed by atoms with Gasteiger partial charge in [-0.3, -0.25) is 14.4 Å².